The number of methoxy groups -OCH3 is 1. The van der Waals surface area contributed by atoms with Crippen LogP contribution in [-0.2, 0) is 4.74 Å². The topological polar surface area (TPSA) is 29.5 Å². The lowest BCUT2D eigenvalue weighted by Gasteiger charge is -2.04. The fourth-order valence-electron chi connectivity index (χ4n) is 0.496. The van der Waals surface area contributed by atoms with Crippen molar-refractivity contribution < 1.29 is 9.84 Å². The van der Waals surface area contributed by atoms with Crippen molar-refractivity contribution in [1.29, 1.82) is 0 Å². The quantitative estimate of drug-likeness (QED) is 0.456. The molecule has 0 saturated heterocycles. The van der Waals surface area contributed by atoms with Crippen LogP contribution in [0.2, 0.25) is 0 Å². The second-order valence-corrected chi connectivity index (χ2v) is 2.54. The van der Waals surface area contributed by atoms with Crippen molar-refractivity contribution in [1.82, 2.24) is 0 Å². The summed E-state index contributed by atoms with van der Waals surface area (Å²) in [6.07, 6.45) is 1.66. The summed E-state index contributed by atoms with van der Waals surface area (Å²) < 4.78 is 4.50. The molecule has 0 aliphatic carbocycles. The van der Waals surface area contributed by atoms with Crippen LogP contribution in [0.3, 0.4) is 0 Å². The van der Waals surface area contributed by atoms with Crippen molar-refractivity contribution in [2.24, 2.45) is 0 Å². The van der Waals surface area contributed by atoms with Crippen molar-refractivity contribution in [3.05, 3.63) is 11.1 Å². The van der Waals surface area contributed by atoms with Crippen LogP contribution in [0.15, 0.2) is 11.1 Å². The number of aliphatic hydroxyl groups excluding tert-OH is 1. The molecule has 0 saturated carbocycles. The van der Waals surface area contributed by atoms with Gasteiger partial charge >= 0.3 is 0 Å². The minimum atomic E-state index is -0.694. The third-order valence-electron chi connectivity index (χ3n) is 1.50. The first-order valence-electron chi connectivity index (χ1n) is 3.45. The average Bonchev–Trinajstić information content (AvgIpc) is 1.98. The van der Waals surface area contributed by atoms with Gasteiger partial charge in [0.15, 0.2) is 0 Å². The van der Waals surface area contributed by atoms with E-state index in [1.807, 2.05) is 20.8 Å². The normalized spacial score (nSPS) is 11.0. The van der Waals surface area contributed by atoms with Crippen LogP contribution in [0.5, 0.6) is 0 Å². The van der Waals surface area contributed by atoms with E-state index in [1.165, 1.54) is 7.11 Å². The Labute approximate surface area is 67.9 Å². The zero-order valence-electron chi connectivity index (χ0n) is 7.43. The molecule has 62 valence electrons. The van der Waals surface area contributed by atoms with Gasteiger partial charge in [-0.05, 0) is 32.3 Å². The zero-order chi connectivity index (χ0) is 8.85. The number of rotatable bonds is 1. The maximum atomic E-state index is 9.31. The van der Waals surface area contributed by atoms with Crippen LogP contribution in [0.25, 0.3) is 0 Å². The highest BCUT2D eigenvalue weighted by Gasteiger charge is 2.02. The van der Waals surface area contributed by atoms with Crippen molar-refractivity contribution in [2.45, 2.75) is 26.9 Å². The molecule has 0 radical (unpaired) electrons. The van der Waals surface area contributed by atoms with Gasteiger partial charge in [-0.3, -0.25) is 0 Å². The summed E-state index contributed by atoms with van der Waals surface area (Å²) in [7, 11) is 1.47. The first kappa shape index (κ1) is 10.1. The van der Waals surface area contributed by atoms with Crippen LogP contribution in [-0.4, -0.2) is 18.3 Å². The molecular formula is C9H14O2. The Kier molecular flexibility index (Phi) is 4.40. The van der Waals surface area contributed by atoms with Crippen molar-refractivity contribution in [3.8, 4) is 12.0 Å². The Hall–Kier alpha value is -0.940. The van der Waals surface area contributed by atoms with E-state index >= 15 is 0 Å². The fourth-order valence-corrected chi connectivity index (χ4v) is 0.496. The lowest BCUT2D eigenvalue weighted by Crippen LogP contribution is -2.05. The third kappa shape index (κ3) is 3.69. The van der Waals surface area contributed by atoms with E-state index in [4.69, 9.17) is 0 Å². The van der Waals surface area contributed by atoms with Gasteiger partial charge in [0.25, 0.3) is 0 Å². The SMILES string of the molecule is COC#CC(O)C(C)=C(C)C. The predicted molar refractivity (Wildman–Crippen MR) is 44.8 cm³/mol. The van der Waals surface area contributed by atoms with E-state index in [2.05, 4.69) is 16.8 Å². The smallest absolute Gasteiger partial charge is 0.139 e. The fraction of sp³-hybridized carbons (Fsp3) is 0.556. The van der Waals surface area contributed by atoms with Crippen LogP contribution in [0.4, 0.5) is 0 Å². The predicted octanol–water partition coefficient (Wildman–Crippen LogP) is 1.31. The summed E-state index contributed by atoms with van der Waals surface area (Å²) >= 11 is 0. The van der Waals surface area contributed by atoms with E-state index in [0.717, 1.165) is 11.1 Å². The molecule has 1 unspecified atom stereocenters. The summed E-state index contributed by atoms with van der Waals surface area (Å²) in [4.78, 5) is 0. The van der Waals surface area contributed by atoms with E-state index in [0.29, 0.717) is 0 Å². The third-order valence-corrected chi connectivity index (χ3v) is 1.50. The first-order valence-corrected chi connectivity index (χ1v) is 3.45. The lowest BCUT2D eigenvalue weighted by molar-refractivity contribution is 0.264. The van der Waals surface area contributed by atoms with E-state index in [-0.39, 0.29) is 0 Å². The van der Waals surface area contributed by atoms with E-state index in [1.54, 1.807) is 0 Å². The maximum Gasteiger partial charge on any atom is 0.139 e. The average molecular weight is 154 g/mol. The Morgan fingerprint density at radius 2 is 1.91 bits per heavy atom. The molecule has 0 aliphatic rings. The van der Waals surface area contributed by atoms with Crippen LogP contribution in [0, 0.1) is 12.0 Å². The second-order valence-electron chi connectivity index (χ2n) is 2.54. The van der Waals surface area contributed by atoms with Gasteiger partial charge < -0.3 is 9.84 Å². The van der Waals surface area contributed by atoms with Crippen LogP contribution < -0.4 is 0 Å². The van der Waals surface area contributed by atoms with Crippen LogP contribution >= 0.6 is 0 Å². The van der Waals surface area contributed by atoms with Gasteiger partial charge in [0, 0.05) is 0 Å². The second kappa shape index (κ2) is 4.81. The number of hydrogen-bond acceptors (Lipinski definition) is 2. The van der Waals surface area contributed by atoms with Gasteiger partial charge in [-0.25, -0.2) is 0 Å². The molecule has 0 fully saturated rings. The minimum absolute atomic E-state index is 0.694. The molecule has 0 aromatic rings. The standard InChI is InChI=1S/C9H14O2/c1-7(2)8(3)9(10)5-6-11-4/h9-10H,1-4H3. The Balaban J connectivity index is 4.26. The highest BCUT2D eigenvalue weighted by atomic mass is 16.5. The largest absolute Gasteiger partial charge is 0.450 e. The van der Waals surface area contributed by atoms with Crippen molar-refractivity contribution in [2.75, 3.05) is 7.11 Å². The molecule has 2 heteroatoms. The first-order chi connectivity index (χ1) is 5.09. The van der Waals surface area contributed by atoms with Gasteiger partial charge in [-0.15, -0.1) is 0 Å². The summed E-state index contributed by atoms with van der Waals surface area (Å²) in [5, 5.41) is 9.31. The molecule has 0 rings (SSSR count). The Morgan fingerprint density at radius 3 is 2.27 bits per heavy atom. The van der Waals surface area contributed by atoms with Crippen LogP contribution in [0.1, 0.15) is 20.8 Å². The van der Waals surface area contributed by atoms with Gasteiger partial charge in [0.2, 0.25) is 0 Å². The van der Waals surface area contributed by atoms with Crippen molar-refractivity contribution >= 4 is 0 Å². The summed E-state index contributed by atoms with van der Waals surface area (Å²) in [5.74, 6) is 2.54. The van der Waals surface area contributed by atoms with E-state index < -0.39 is 6.10 Å². The lowest BCUT2D eigenvalue weighted by atomic mass is 10.1. The van der Waals surface area contributed by atoms with E-state index in [9.17, 15) is 5.11 Å². The number of ether oxygens (including phenoxy) is 1. The summed E-state index contributed by atoms with van der Waals surface area (Å²) in [5.41, 5.74) is 1.97. The molecule has 0 aliphatic heterocycles. The molecule has 0 heterocycles. The minimum Gasteiger partial charge on any atom is -0.450 e. The molecule has 0 amide bonds. The van der Waals surface area contributed by atoms with Crippen molar-refractivity contribution in [3.63, 3.8) is 0 Å². The Morgan fingerprint density at radius 1 is 1.36 bits per heavy atom. The zero-order valence-corrected chi connectivity index (χ0v) is 7.43. The van der Waals surface area contributed by atoms with Gasteiger partial charge in [-0.1, -0.05) is 5.57 Å². The molecule has 11 heavy (non-hydrogen) atoms. The molecule has 1 atom stereocenters. The maximum absolute atomic E-state index is 9.31. The number of hydrogen-bond donors (Lipinski definition) is 1. The summed E-state index contributed by atoms with van der Waals surface area (Å²) in [6, 6.07) is 0. The highest BCUT2D eigenvalue weighted by Crippen LogP contribution is 2.06. The molecular weight excluding hydrogens is 140 g/mol. The van der Waals surface area contributed by atoms with Gasteiger partial charge in [-0.2, -0.15) is 0 Å². The highest BCUT2D eigenvalue weighted by molar-refractivity contribution is 5.21. The molecule has 0 aromatic heterocycles. The summed E-state index contributed by atoms with van der Waals surface area (Å²) in [6.45, 7) is 5.73. The number of allylic oxidation sites excluding steroid dienone is 1. The van der Waals surface area contributed by atoms with Gasteiger partial charge in [0.1, 0.15) is 12.2 Å². The molecule has 2 nitrogen and oxygen atoms in total. The Bertz CT molecular complexity index is 201. The molecule has 0 spiro atoms. The molecule has 0 aromatic carbocycles. The molecule has 0 bridgehead atoms. The molecule has 1 N–H and O–H groups in total. The monoisotopic (exact) mass is 154 g/mol. The van der Waals surface area contributed by atoms with Gasteiger partial charge in [0.05, 0.1) is 7.11 Å². The number of aliphatic hydroxyl groups is 1.